The molecule has 0 radical (unpaired) electrons. The monoisotopic (exact) mass is 437 g/mol. The van der Waals surface area contributed by atoms with E-state index in [-0.39, 0.29) is 11.8 Å². The summed E-state index contributed by atoms with van der Waals surface area (Å²) < 4.78 is 1.89. The van der Waals surface area contributed by atoms with Crippen LogP contribution in [0.5, 0.6) is 0 Å². The van der Waals surface area contributed by atoms with Gasteiger partial charge in [-0.05, 0) is 37.0 Å². The number of carbonyl (C=O) groups is 2. The SMILES string of the molecule is CCCCCNC(=O)c1ccc(CN2CCc3c(c(C(=O)N4CCCC4)nn3C)C2)cc1. The van der Waals surface area contributed by atoms with Crippen LogP contribution < -0.4 is 5.32 Å². The van der Waals surface area contributed by atoms with Crippen molar-refractivity contribution in [2.45, 2.75) is 58.5 Å². The first-order valence-electron chi connectivity index (χ1n) is 12.0. The number of hydrogen-bond donors (Lipinski definition) is 1. The largest absolute Gasteiger partial charge is 0.352 e. The fourth-order valence-electron chi connectivity index (χ4n) is 4.72. The highest BCUT2D eigenvalue weighted by molar-refractivity contribution is 5.94. The molecule has 0 aliphatic carbocycles. The lowest BCUT2D eigenvalue weighted by Crippen LogP contribution is -2.33. The molecule has 2 aliphatic rings. The first-order valence-corrected chi connectivity index (χ1v) is 12.0. The molecule has 2 aromatic rings. The Morgan fingerprint density at radius 2 is 1.81 bits per heavy atom. The number of amides is 2. The summed E-state index contributed by atoms with van der Waals surface area (Å²) in [5.74, 6) is 0.0752. The lowest BCUT2D eigenvalue weighted by Gasteiger charge is -2.28. The third kappa shape index (κ3) is 5.04. The predicted molar refractivity (Wildman–Crippen MR) is 124 cm³/mol. The fraction of sp³-hybridized carbons (Fsp3) is 0.560. The van der Waals surface area contributed by atoms with Crippen LogP contribution in [0.25, 0.3) is 0 Å². The Kier molecular flexibility index (Phi) is 7.25. The molecule has 1 aromatic heterocycles. The zero-order chi connectivity index (χ0) is 22.5. The Morgan fingerprint density at radius 1 is 1.06 bits per heavy atom. The maximum Gasteiger partial charge on any atom is 0.274 e. The number of aromatic nitrogens is 2. The second-order valence-corrected chi connectivity index (χ2v) is 9.02. The van der Waals surface area contributed by atoms with Crippen LogP contribution in [0.3, 0.4) is 0 Å². The summed E-state index contributed by atoms with van der Waals surface area (Å²) >= 11 is 0. The Labute approximate surface area is 190 Å². The molecule has 3 heterocycles. The van der Waals surface area contributed by atoms with E-state index in [1.54, 1.807) is 0 Å². The minimum Gasteiger partial charge on any atom is -0.352 e. The molecule has 172 valence electrons. The Hall–Kier alpha value is -2.67. The van der Waals surface area contributed by atoms with Gasteiger partial charge in [-0.2, -0.15) is 5.10 Å². The van der Waals surface area contributed by atoms with Gasteiger partial charge in [0.1, 0.15) is 0 Å². The summed E-state index contributed by atoms with van der Waals surface area (Å²) in [6.45, 7) is 7.03. The zero-order valence-corrected chi connectivity index (χ0v) is 19.4. The first-order chi connectivity index (χ1) is 15.6. The third-order valence-electron chi connectivity index (χ3n) is 6.61. The number of fused-ring (bicyclic) bond motifs is 1. The molecule has 2 amide bonds. The highest BCUT2D eigenvalue weighted by Crippen LogP contribution is 2.25. The first kappa shape index (κ1) is 22.5. The van der Waals surface area contributed by atoms with Crippen molar-refractivity contribution in [1.82, 2.24) is 24.9 Å². The minimum absolute atomic E-state index is 0.00399. The van der Waals surface area contributed by atoms with E-state index in [1.807, 2.05) is 40.9 Å². The van der Waals surface area contributed by atoms with E-state index in [4.69, 9.17) is 0 Å². The number of likely N-dealkylation sites (tertiary alicyclic amines) is 1. The van der Waals surface area contributed by atoms with Crippen LogP contribution in [-0.4, -0.2) is 57.6 Å². The van der Waals surface area contributed by atoms with Crippen LogP contribution in [0, 0.1) is 0 Å². The summed E-state index contributed by atoms with van der Waals surface area (Å²) in [6.07, 6.45) is 6.37. The van der Waals surface area contributed by atoms with Crippen molar-refractivity contribution in [3.8, 4) is 0 Å². The van der Waals surface area contributed by atoms with Gasteiger partial charge in [0.15, 0.2) is 5.69 Å². The topological polar surface area (TPSA) is 70.5 Å². The van der Waals surface area contributed by atoms with Crippen molar-refractivity contribution in [3.63, 3.8) is 0 Å². The summed E-state index contributed by atoms with van der Waals surface area (Å²) in [6, 6.07) is 7.89. The number of rotatable bonds is 8. The van der Waals surface area contributed by atoms with E-state index < -0.39 is 0 Å². The Bertz CT molecular complexity index is 944. The summed E-state index contributed by atoms with van der Waals surface area (Å²) in [4.78, 5) is 29.6. The molecule has 0 unspecified atom stereocenters. The molecule has 1 saturated heterocycles. The molecule has 1 fully saturated rings. The molecule has 0 atom stereocenters. The number of unbranched alkanes of at least 4 members (excludes halogenated alkanes) is 2. The third-order valence-corrected chi connectivity index (χ3v) is 6.61. The van der Waals surface area contributed by atoms with Gasteiger partial charge in [-0.25, -0.2) is 0 Å². The Morgan fingerprint density at radius 3 is 2.53 bits per heavy atom. The predicted octanol–water partition coefficient (Wildman–Crippen LogP) is 3.13. The number of hydrogen-bond acceptors (Lipinski definition) is 4. The average Bonchev–Trinajstić information content (AvgIpc) is 3.45. The fourth-order valence-corrected chi connectivity index (χ4v) is 4.72. The van der Waals surface area contributed by atoms with Gasteiger partial charge in [-0.1, -0.05) is 31.9 Å². The number of benzene rings is 1. The van der Waals surface area contributed by atoms with E-state index >= 15 is 0 Å². The lowest BCUT2D eigenvalue weighted by atomic mass is 10.0. The molecule has 2 aliphatic heterocycles. The Balaban J connectivity index is 1.38. The smallest absolute Gasteiger partial charge is 0.274 e. The van der Waals surface area contributed by atoms with Crippen LogP contribution in [-0.2, 0) is 26.6 Å². The van der Waals surface area contributed by atoms with Gasteiger partial charge >= 0.3 is 0 Å². The maximum atomic E-state index is 13.0. The standard InChI is InChI=1S/C25H35N5O2/c1-3-4-5-13-26-24(31)20-10-8-19(9-11-20)17-29-16-12-22-21(18-29)23(27-28(22)2)25(32)30-14-6-7-15-30/h8-11H,3-7,12-18H2,1-2H3,(H,26,31). The van der Waals surface area contributed by atoms with Crippen molar-refractivity contribution in [1.29, 1.82) is 0 Å². The lowest BCUT2D eigenvalue weighted by molar-refractivity contribution is 0.0783. The minimum atomic E-state index is -0.00399. The maximum absolute atomic E-state index is 13.0. The highest BCUT2D eigenvalue weighted by Gasteiger charge is 2.30. The summed E-state index contributed by atoms with van der Waals surface area (Å²) in [5, 5.41) is 7.59. The van der Waals surface area contributed by atoms with Crippen LogP contribution >= 0.6 is 0 Å². The summed E-state index contributed by atoms with van der Waals surface area (Å²) in [7, 11) is 1.95. The van der Waals surface area contributed by atoms with Gasteiger partial charge in [0.2, 0.25) is 0 Å². The van der Waals surface area contributed by atoms with E-state index in [0.29, 0.717) is 11.3 Å². The number of nitrogens with one attached hydrogen (secondary N) is 1. The van der Waals surface area contributed by atoms with Crippen LogP contribution in [0.2, 0.25) is 0 Å². The highest BCUT2D eigenvalue weighted by atomic mass is 16.2. The van der Waals surface area contributed by atoms with E-state index in [0.717, 1.165) is 83.4 Å². The van der Waals surface area contributed by atoms with Gasteiger partial charge in [-0.15, -0.1) is 0 Å². The van der Waals surface area contributed by atoms with Crippen molar-refractivity contribution >= 4 is 11.8 Å². The average molecular weight is 438 g/mol. The van der Waals surface area contributed by atoms with Crippen molar-refractivity contribution in [3.05, 3.63) is 52.3 Å². The van der Waals surface area contributed by atoms with Crippen molar-refractivity contribution in [2.75, 3.05) is 26.2 Å². The number of aryl methyl sites for hydroxylation is 1. The van der Waals surface area contributed by atoms with E-state index in [2.05, 4.69) is 22.2 Å². The van der Waals surface area contributed by atoms with E-state index in [1.165, 1.54) is 11.3 Å². The van der Waals surface area contributed by atoms with Crippen LogP contribution in [0.15, 0.2) is 24.3 Å². The second kappa shape index (κ2) is 10.3. The molecule has 0 bridgehead atoms. The zero-order valence-electron chi connectivity index (χ0n) is 19.4. The molecular weight excluding hydrogens is 402 g/mol. The van der Waals surface area contributed by atoms with E-state index in [9.17, 15) is 9.59 Å². The van der Waals surface area contributed by atoms with Gasteiger partial charge in [0.25, 0.3) is 11.8 Å². The van der Waals surface area contributed by atoms with Crippen molar-refractivity contribution < 1.29 is 9.59 Å². The molecule has 7 heteroatoms. The second-order valence-electron chi connectivity index (χ2n) is 9.02. The molecular formula is C25H35N5O2. The van der Waals surface area contributed by atoms with Gasteiger partial charge in [-0.3, -0.25) is 19.2 Å². The molecule has 4 rings (SSSR count). The molecule has 0 spiro atoms. The van der Waals surface area contributed by atoms with Gasteiger partial charge < -0.3 is 10.2 Å². The molecule has 1 aromatic carbocycles. The van der Waals surface area contributed by atoms with Crippen molar-refractivity contribution in [2.24, 2.45) is 7.05 Å². The molecule has 1 N–H and O–H groups in total. The van der Waals surface area contributed by atoms with Gasteiger partial charge in [0, 0.05) is 69.6 Å². The quantitative estimate of drug-likeness (QED) is 0.644. The molecule has 0 saturated carbocycles. The summed E-state index contributed by atoms with van der Waals surface area (Å²) in [5.41, 5.74) is 4.77. The number of nitrogens with zero attached hydrogens (tertiary/aromatic N) is 4. The normalized spacial score (nSPS) is 16.2. The molecule has 7 nitrogen and oxygen atoms in total. The van der Waals surface area contributed by atoms with Crippen LogP contribution in [0.1, 0.15) is 76.7 Å². The number of carbonyl (C=O) groups excluding carboxylic acids is 2. The molecule has 32 heavy (non-hydrogen) atoms. The van der Waals surface area contributed by atoms with Crippen LogP contribution in [0.4, 0.5) is 0 Å². The van der Waals surface area contributed by atoms with Gasteiger partial charge in [0.05, 0.1) is 0 Å².